The number of hydrogen-bond acceptors (Lipinski definition) is 5. The lowest BCUT2D eigenvalue weighted by molar-refractivity contribution is -0.132. The van der Waals surface area contributed by atoms with Crippen LogP contribution in [0, 0.1) is 18.8 Å². The number of imide groups is 2. The first kappa shape index (κ1) is 23.9. The van der Waals surface area contributed by atoms with Crippen LogP contribution in [-0.2, 0) is 9.59 Å². The molecule has 5 rings (SSSR count). The molecule has 3 fully saturated rings. The Kier molecular flexibility index (Phi) is 6.40. The highest BCUT2D eigenvalue weighted by atomic mass is 79.9. The van der Waals surface area contributed by atoms with Crippen molar-refractivity contribution in [2.45, 2.75) is 38.6 Å². The number of fused-ring (bicyclic) bond motifs is 2. The minimum atomic E-state index is -0.772. The topological polar surface area (TPSA) is 92.8 Å². The first-order valence-electron chi connectivity index (χ1n) is 11.4. The van der Waals surface area contributed by atoms with Gasteiger partial charge in [-0.05, 0) is 84.3 Å². The van der Waals surface area contributed by atoms with Crippen molar-refractivity contribution in [3.05, 3.63) is 67.6 Å². The molecular weight excluding hydrogens is 580 g/mol. The van der Waals surface area contributed by atoms with Crippen molar-refractivity contribution in [1.29, 1.82) is 0 Å². The van der Waals surface area contributed by atoms with Gasteiger partial charge in [-0.1, -0.05) is 40.0 Å². The summed E-state index contributed by atoms with van der Waals surface area (Å²) in [6.45, 7) is 1.87. The van der Waals surface area contributed by atoms with Gasteiger partial charge < -0.3 is 4.74 Å². The Bertz CT molecular complexity index is 1300. The summed E-state index contributed by atoms with van der Waals surface area (Å²) in [7, 11) is 0. The van der Waals surface area contributed by atoms with Gasteiger partial charge in [0, 0.05) is 16.1 Å². The smallest absolute Gasteiger partial charge is 0.343 e. The van der Waals surface area contributed by atoms with E-state index in [4.69, 9.17) is 4.74 Å². The Labute approximate surface area is 219 Å². The molecule has 1 saturated heterocycles. The van der Waals surface area contributed by atoms with Gasteiger partial charge in [-0.15, -0.1) is 0 Å². The number of benzene rings is 2. The Balaban J connectivity index is 1.50. The maximum absolute atomic E-state index is 13.4. The molecule has 2 aromatic rings. The summed E-state index contributed by atoms with van der Waals surface area (Å²) in [5.41, 5.74) is 1.45. The van der Waals surface area contributed by atoms with Gasteiger partial charge in [0.05, 0.1) is 10.0 Å². The molecule has 4 amide bonds. The van der Waals surface area contributed by atoms with Crippen LogP contribution in [0.5, 0.6) is 5.75 Å². The van der Waals surface area contributed by atoms with E-state index in [-0.39, 0.29) is 23.3 Å². The first-order valence-corrected chi connectivity index (χ1v) is 13.0. The van der Waals surface area contributed by atoms with Crippen LogP contribution in [0.25, 0.3) is 6.08 Å². The van der Waals surface area contributed by atoms with Gasteiger partial charge in [0.15, 0.2) is 5.75 Å². The molecule has 1 aliphatic heterocycles. The number of carbonyl (C=O) groups is 4. The number of halogens is 2. The molecular formula is C26H22Br2N2O5. The summed E-state index contributed by atoms with van der Waals surface area (Å²) in [6.07, 6.45) is 5.25. The molecule has 3 aliphatic rings. The van der Waals surface area contributed by atoms with Crippen molar-refractivity contribution in [3.8, 4) is 5.75 Å². The van der Waals surface area contributed by atoms with Crippen LogP contribution in [0.15, 0.2) is 50.9 Å². The second-order valence-corrected chi connectivity index (χ2v) is 11.1. The molecule has 2 aliphatic carbocycles. The maximum Gasteiger partial charge on any atom is 0.343 e. The zero-order chi connectivity index (χ0) is 24.9. The van der Waals surface area contributed by atoms with Crippen molar-refractivity contribution in [1.82, 2.24) is 10.2 Å². The van der Waals surface area contributed by atoms with Crippen LogP contribution >= 0.6 is 31.9 Å². The predicted molar refractivity (Wildman–Crippen MR) is 136 cm³/mol. The fourth-order valence-electron chi connectivity index (χ4n) is 5.37. The number of nitrogens with one attached hydrogen (secondary N) is 1. The van der Waals surface area contributed by atoms with Crippen molar-refractivity contribution in [3.63, 3.8) is 0 Å². The van der Waals surface area contributed by atoms with Gasteiger partial charge in [0.25, 0.3) is 11.8 Å². The van der Waals surface area contributed by atoms with Crippen molar-refractivity contribution < 1.29 is 23.9 Å². The number of rotatable bonds is 4. The summed E-state index contributed by atoms with van der Waals surface area (Å²) in [5, 5.41) is 2.32. The second-order valence-electron chi connectivity index (χ2n) is 9.30. The Morgan fingerprint density at radius 2 is 1.91 bits per heavy atom. The minimum Gasteiger partial charge on any atom is -0.421 e. The highest BCUT2D eigenvalue weighted by Crippen LogP contribution is 2.47. The van der Waals surface area contributed by atoms with E-state index in [0.29, 0.717) is 26.0 Å². The predicted octanol–water partition coefficient (Wildman–Crippen LogP) is 5.39. The quantitative estimate of drug-likeness (QED) is 0.220. The molecule has 7 nitrogen and oxygen atoms in total. The molecule has 2 saturated carbocycles. The number of amides is 4. The van der Waals surface area contributed by atoms with Crippen LogP contribution in [0.4, 0.5) is 4.79 Å². The molecule has 0 spiro atoms. The lowest BCUT2D eigenvalue weighted by Crippen LogP contribution is -2.58. The van der Waals surface area contributed by atoms with E-state index in [1.54, 1.807) is 30.3 Å². The number of ether oxygens (including phenoxy) is 1. The minimum absolute atomic E-state index is 0.163. The third-order valence-electron chi connectivity index (χ3n) is 6.95. The molecule has 35 heavy (non-hydrogen) atoms. The highest BCUT2D eigenvalue weighted by Gasteiger charge is 2.49. The summed E-state index contributed by atoms with van der Waals surface area (Å²) in [4.78, 5) is 52.8. The van der Waals surface area contributed by atoms with Gasteiger partial charge in [0.2, 0.25) is 0 Å². The van der Waals surface area contributed by atoms with Gasteiger partial charge in [-0.25, -0.2) is 9.59 Å². The van der Waals surface area contributed by atoms with Gasteiger partial charge in [-0.2, -0.15) is 0 Å². The molecule has 0 radical (unpaired) electrons. The normalized spacial score (nSPS) is 24.8. The van der Waals surface area contributed by atoms with Gasteiger partial charge >= 0.3 is 12.0 Å². The van der Waals surface area contributed by atoms with Crippen LogP contribution in [0.2, 0.25) is 0 Å². The Morgan fingerprint density at radius 3 is 2.60 bits per heavy atom. The van der Waals surface area contributed by atoms with Crippen LogP contribution in [0.3, 0.4) is 0 Å². The number of aryl methyl sites for hydroxylation is 1. The number of urea groups is 1. The summed E-state index contributed by atoms with van der Waals surface area (Å²) >= 11 is 6.83. The maximum atomic E-state index is 13.4. The molecule has 9 heteroatoms. The lowest BCUT2D eigenvalue weighted by Gasteiger charge is -2.35. The summed E-state index contributed by atoms with van der Waals surface area (Å²) < 4.78 is 6.81. The molecule has 2 bridgehead atoms. The fourth-order valence-corrected chi connectivity index (χ4v) is 6.71. The number of nitrogens with zero attached hydrogens (tertiary/aromatic N) is 1. The molecule has 0 unspecified atom stereocenters. The summed E-state index contributed by atoms with van der Waals surface area (Å²) in [6, 6.07) is 9.48. The average Bonchev–Trinajstić information content (AvgIpc) is 3.42. The number of hydrogen-bond donors (Lipinski definition) is 1. The van der Waals surface area contributed by atoms with E-state index in [1.807, 2.05) is 13.0 Å². The van der Waals surface area contributed by atoms with E-state index >= 15 is 0 Å². The van der Waals surface area contributed by atoms with Crippen molar-refractivity contribution >= 4 is 61.8 Å². The SMILES string of the molecule is Cc1cccc(C(=O)Oc2c(Br)cc(Br)cc2/C=C2/C(=O)NC(=O)N([C@@H]3C[C@H]4CC[C@H]3C4)C2=O)c1. The van der Waals surface area contributed by atoms with E-state index < -0.39 is 23.8 Å². The van der Waals surface area contributed by atoms with Crippen LogP contribution < -0.4 is 10.1 Å². The molecule has 2 aromatic carbocycles. The molecule has 3 atom stereocenters. The van der Waals surface area contributed by atoms with E-state index in [1.165, 1.54) is 11.0 Å². The van der Waals surface area contributed by atoms with Crippen LogP contribution in [-0.4, -0.2) is 34.8 Å². The van der Waals surface area contributed by atoms with E-state index in [2.05, 4.69) is 37.2 Å². The standard InChI is InChI=1S/C26H22Br2N2O5/c1-13-3-2-4-16(7-13)25(33)35-22-17(10-18(27)12-20(22)28)11-19-23(31)29-26(34)30(24(19)32)21-9-14-5-6-15(21)8-14/h2-4,7,10-12,14-15,21H,5-6,8-9H2,1H3,(H,29,31,34)/b19-11-/t14-,15-,21+/m0/s1. The number of esters is 1. The Morgan fingerprint density at radius 1 is 1.11 bits per heavy atom. The molecule has 1 N–H and O–H groups in total. The number of barbiturate groups is 1. The third-order valence-corrected chi connectivity index (χ3v) is 8.00. The fraction of sp³-hybridized carbons (Fsp3) is 0.308. The zero-order valence-corrected chi connectivity index (χ0v) is 22.0. The average molecular weight is 602 g/mol. The molecule has 180 valence electrons. The molecule has 0 aromatic heterocycles. The molecule has 1 heterocycles. The van der Waals surface area contributed by atoms with Gasteiger partial charge in [-0.3, -0.25) is 19.8 Å². The van der Waals surface area contributed by atoms with Crippen molar-refractivity contribution in [2.75, 3.05) is 0 Å². The van der Waals surface area contributed by atoms with Crippen molar-refractivity contribution in [2.24, 2.45) is 11.8 Å². The second kappa shape index (κ2) is 9.35. The largest absolute Gasteiger partial charge is 0.421 e. The Hall–Kier alpha value is -2.78. The van der Waals surface area contributed by atoms with Gasteiger partial charge in [0.1, 0.15) is 5.57 Å². The summed E-state index contributed by atoms with van der Waals surface area (Å²) in [5.74, 6) is -1.01. The van der Waals surface area contributed by atoms with Crippen LogP contribution in [0.1, 0.15) is 47.2 Å². The third kappa shape index (κ3) is 4.59. The van der Waals surface area contributed by atoms with E-state index in [9.17, 15) is 19.2 Å². The zero-order valence-electron chi connectivity index (χ0n) is 18.8. The lowest BCUT2D eigenvalue weighted by atomic mass is 9.93. The number of carbonyl (C=O) groups excluding carboxylic acids is 4. The van der Waals surface area contributed by atoms with E-state index in [0.717, 1.165) is 31.2 Å². The highest BCUT2D eigenvalue weighted by molar-refractivity contribution is 9.11. The monoisotopic (exact) mass is 600 g/mol. The first-order chi connectivity index (χ1) is 16.7.